The highest BCUT2D eigenvalue weighted by molar-refractivity contribution is 5.94. The van der Waals surface area contributed by atoms with Gasteiger partial charge in [-0.25, -0.2) is 0 Å². The molecule has 1 amide bonds. The van der Waals surface area contributed by atoms with Crippen LogP contribution in [0.2, 0.25) is 0 Å². The molecule has 0 bridgehead atoms. The molecule has 4 heteroatoms. The number of carbonyl (C=O) groups excluding carboxylic acids is 1. The quantitative estimate of drug-likeness (QED) is 0.856. The third kappa shape index (κ3) is 4.31. The van der Waals surface area contributed by atoms with Gasteiger partial charge in [0.25, 0.3) is 5.91 Å². The number of benzene rings is 1. The van der Waals surface area contributed by atoms with E-state index in [9.17, 15) is 4.79 Å². The van der Waals surface area contributed by atoms with Crippen LogP contribution in [0.15, 0.2) is 42.6 Å². The van der Waals surface area contributed by atoms with Crippen LogP contribution in [0.5, 0.6) is 0 Å². The highest BCUT2D eigenvalue weighted by Crippen LogP contribution is 2.16. The topological polar surface area (TPSA) is 54.0 Å². The molecule has 0 atom stereocenters. The lowest BCUT2D eigenvalue weighted by atomic mass is 10.1. The summed E-state index contributed by atoms with van der Waals surface area (Å²) >= 11 is 0. The Kier molecular flexibility index (Phi) is 5.32. The van der Waals surface area contributed by atoms with Crippen molar-refractivity contribution in [3.05, 3.63) is 59.4 Å². The number of hydrogen-bond donors (Lipinski definition) is 2. The number of carbonyl (C=O) groups is 1. The summed E-state index contributed by atoms with van der Waals surface area (Å²) in [5, 5.41) is 6.23. The summed E-state index contributed by atoms with van der Waals surface area (Å²) in [6.07, 6.45) is 2.80. The molecule has 110 valence electrons. The molecule has 0 unspecified atom stereocenters. The summed E-state index contributed by atoms with van der Waals surface area (Å²) in [4.78, 5) is 16.3. The SMILES string of the molecule is CCCNc1ccc(C(=O)NCc2ccccn2)cc1C. The zero-order chi connectivity index (χ0) is 15.1. The smallest absolute Gasteiger partial charge is 0.251 e. The minimum Gasteiger partial charge on any atom is -0.385 e. The number of amides is 1. The van der Waals surface area contributed by atoms with Gasteiger partial charge in [-0.15, -0.1) is 0 Å². The van der Waals surface area contributed by atoms with E-state index < -0.39 is 0 Å². The van der Waals surface area contributed by atoms with Crippen LogP contribution in [0, 0.1) is 6.92 Å². The molecular formula is C17H21N3O. The van der Waals surface area contributed by atoms with Crippen LogP contribution in [-0.2, 0) is 6.54 Å². The van der Waals surface area contributed by atoms with Crippen LogP contribution in [0.25, 0.3) is 0 Å². The van der Waals surface area contributed by atoms with Crippen molar-refractivity contribution in [2.75, 3.05) is 11.9 Å². The van der Waals surface area contributed by atoms with Crippen molar-refractivity contribution < 1.29 is 4.79 Å². The second-order valence-electron chi connectivity index (χ2n) is 4.96. The first-order valence-corrected chi connectivity index (χ1v) is 7.23. The third-order valence-electron chi connectivity index (χ3n) is 3.21. The molecule has 0 saturated carbocycles. The van der Waals surface area contributed by atoms with Gasteiger partial charge < -0.3 is 10.6 Å². The van der Waals surface area contributed by atoms with Crippen molar-refractivity contribution in [1.29, 1.82) is 0 Å². The molecule has 0 aliphatic rings. The van der Waals surface area contributed by atoms with Crippen LogP contribution < -0.4 is 10.6 Å². The highest BCUT2D eigenvalue weighted by atomic mass is 16.1. The molecule has 0 aliphatic carbocycles. The molecule has 1 aromatic heterocycles. The summed E-state index contributed by atoms with van der Waals surface area (Å²) in [5.41, 5.74) is 3.68. The normalized spacial score (nSPS) is 10.2. The lowest BCUT2D eigenvalue weighted by Crippen LogP contribution is -2.23. The first-order chi connectivity index (χ1) is 10.2. The van der Waals surface area contributed by atoms with E-state index in [1.165, 1.54) is 0 Å². The fourth-order valence-electron chi connectivity index (χ4n) is 2.04. The summed E-state index contributed by atoms with van der Waals surface area (Å²) in [7, 11) is 0. The van der Waals surface area contributed by atoms with Gasteiger partial charge in [-0.05, 0) is 49.2 Å². The van der Waals surface area contributed by atoms with Crippen LogP contribution in [0.1, 0.15) is 35.0 Å². The predicted octanol–water partition coefficient (Wildman–Crippen LogP) is 3.14. The number of anilines is 1. The van der Waals surface area contributed by atoms with E-state index in [0.29, 0.717) is 12.1 Å². The van der Waals surface area contributed by atoms with Gasteiger partial charge in [-0.1, -0.05) is 13.0 Å². The minimum atomic E-state index is -0.0780. The molecule has 1 aromatic carbocycles. The average molecular weight is 283 g/mol. The van der Waals surface area contributed by atoms with Gasteiger partial charge in [0.1, 0.15) is 0 Å². The van der Waals surface area contributed by atoms with E-state index in [-0.39, 0.29) is 5.91 Å². The van der Waals surface area contributed by atoms with Crippen molar-refractivity contribution in [1.82, 2.24) is 10.3 Å². The van der Waals surface area contributed by atoms with Gasteiger partial charge in [0.05, 0.1) is 12.2 Å². The standard InChI is InChI=1S/C17H21N3O/c1-3-9-19-16-8-7-14(11-13(16)2)17(21)20-12-15-6-4-5-10-18-15/h4-8,10-11,19H,3,9,12H2,1-2H3,(H,20,21). The van der Waals surface area contributed by atoms with E-state index in [0.717, 1.165) is 29.9 Å². The molecule has 1 heterocycles. The number of rotatable bonds is 6. The maximum atomic E-state index is 12.1. The van der Waals surface area contributed by atoms with Crippen LogP contribution in [-0.4, -0.2) is 17.4 Å². The fourth-order valence-corrected chi connectivity index (χ4v) is 2.04. The minimum absolute atomic E-state index is 0.0780. The Labute approximate surface area is 125 Å². The van der Waals surface area contributed by atoms with Crippen molar-refractivity contribution >= 4 is 11.6 Å². The number of aromatic nitrogens is 1. The molecule has 0 spiro atoms. The third-order valence-corrected chi connectivity index (χ3v) is 3.21. The first-order valence-electron chi connectivity index (χ1n) is 7.23. The second kappa shape index (κ2) is 7.43. The molecule has 21 heavy (non-hydrogen) atoms. The molecule has 2 rings (SSSR count). The van der Waals surface area contributed by atoms with Gasteiger partial charge in [-0.2, -0.15) is 0 Å². The summed E-state index contributed by atoms with van der Waals surface area (Å²) in [5.74, 6) is -0.0780. The second-order valence-corrected chi connectivity index (χ2v) is 4.96. The molecule has 2 N–H and O–H groups in total. The van der Waals surface area contributed by atoms with Crippen LogP contribution in [0.3, 0.4) is 0 Å². The van der Waals surface area contributed by atoms with Crippen LogP contribution in [0.4, 0.5) is 5.69 Å². The molecular weight excluding hydrogens is 262 g/mol. The Hall–Kier alpha value is -2.36. The van der Waals surface area contributed by atoms with Gasteiger partial charge in [-0.3, -0.25) is 9.78 Å². The van der Waals surface area contributed by atoms with E-state index >= 15 is 0 Å². The Balaban J connectivity index is 1.98. The summed E-state index contributed by atoms with van der Waals surface area (Å²) in [6, 6.07) is 11.4. The maximum Gasteiger partial charge on any atom is 0.251 e. The average Bonchev–Trinajstić information content (AvgIpc) is 2.52. The van der Waals surface area contributed by atoms with Gasteiger partial charge in [0, 0.05) is 24.0 Å². The first kappa shape index (κ1) is 15.0. The molecule has 0 fully saturated rings. The van der Waals surface area contributed by atoms with Gasteiger partial charge in [0.2, 0.25) is 0 Å². The Morgan fingerprint density at radius 3 is 2.76 bits per heavy atom. The number of nitrogens with one attached hydrogen (secondary N) is 2. The maximum absolute atomic E-state index is 12.1. The molecule has 4 nitrogen and oxygen atoms in total. The number of aryl methyl sites for hydroxylation is 1. The zero-order valence-corrected chi connectivity index (χ0v) is 12.5. The zero-order valence-electron chi connectivity index (χ0n) is 12.5. The van der Waals surface area contributed by atoms with Crippen molar-refractivity contribution in [3.63, 3.8) is 0 Å². The molecule has 0 aliphatic heterocycles. The van der Waals surface area contributed by atoms with E-state index in [1.54, 1.807) is 6.20 Å². The van der Waals surface area contributed by atoms with E-state index in [2.05, 4.69) is 22.5 Å². The Morgan fingerprint density at radius 2 is 2.10 bits per heavy atom. The Morgan fingerprint density at radius 1 is 1.24 bits per heavy atom. The summed E-state index contributed by atoms with van der Waals surface area (Å²) < 4.78 is 0. The summed E-state index contributed by atoms with van der Waals surface area (Å²) in [6.45, 7) is 5.51. The van der Waals surface area contributed by atoms with Crippen molar-refractivity contribution in [2.24, 2.45) is 0 Å². The fraction of sp³-hybridized carbons (Fsp3) is 0.294. The predicted molar refractivity (Wildman–Crippen MR) is 85.4 cm³/mol. The van der Waals surface area contributed by atoms with Gasteiger partial charge >= 0.3 is 0 Å². The van der Waals surface area contributed by atoms with Crippen molar-refractivity contribution in [3.8, 4) is 0 Å². The van der Waals surface area contributed by atoms with Gasteiger partial charge in [0.15, 0.2) is 0 Å². The monoisotopic (exact) mass is 283 g/mol. The largest absolute Gasteiger partial charge is 0.385 e. The molecule has 0 radical (unpaired) electrons. The number of hydrogen-bond acceptors (Lipinski definition) is 3. The Bertz CT molecular complexity index is 596. The lowest BCUT2D eigenvalue weighted by molar-refractivity contribution is 0.0950. The number of nitrogens with zero attached hydrogens (tertiary/aromatic N) is 1. The van der Waals surface area contributed by atoms with Crippen LogP contribution >= 0.6 is 0 Å². The molecule has 0 saturated heterocycles. The van der Waals surface area contributed by atoms with Crippen molar-refractivity contribution in [2.45, 2.75) is 26.8 Å². The van der Waals surface area contributed by atoms with E-state index in [1.807, 2.05) is 43.3 Å². The number of pyridine rings is 1. The highest BCUT2D eigenvalue weighted by Gasteiger charge is 2.07. The van der Waals surface area contributed by atoms with E-state index in [4.69, 9.17) is 0 Å². The molecule has 2 aromatic rings. The lowest BCUT2D eigenvalue weighted by Gasteiger charge is -2.10.